The van der Waals surface area contributed by atoms with Crippen molar-refractivity contribution < 1.29 is 9.59 Å². The number of rotatable bonds is 6. The first-order valence-corrected chi connectivity index (χ1v) is 11.9. The Morgan fingerprint density at radius 3 is 2.56 bits per heavy atom. The lowest BCUT2D eigenvalue weighted by Crippen LogP contribution is -2.33. The summed E-state index contributed by atoms with van der Waals surface area (Å²) in [5.41, 5.74) is 2.29. The summed E-state index contributed by atoms with van der Waals surface area (Å²) in [6.07, 6.45) is 1.75. The van der Waals surface area contributed by atoms with E-state index in [4.69, 9.17) is 11.6 Å². The molecule has 0 fully saturated rings. The van der Waals surface area contributed by atoms with Crippen LogP contribution in [0, 0.1) is 13.8 Å². The van der Waals surface area contributed by atoms with Gasteiger partial charge >= 0.3 is 0 Å². The van der Waals surface area contributed by atoms with Crippen molar-refractivity contribution in [3.8, 4) is 0 Å². The summed E-state index contributed by atoms with van der Waals surface area (Å²) >= 11 is 7.23. The topological polar surface area (TPSA) is 93.1 Å². The third-order valence-electron chi connectivity index (χ3n) is 5.60. The fraction of sp³-hybridized carbons (Fsp3) is 0.200. The Balaban J connectivity index is 1.67. The first kappa shape index (κ1) is 23.7. The smallest absolute Gasteiger partial charge is 0.266 e. The van der Waals surface area contributed by atoms with Gasteiger partial charge in [-0.3, -0.25) is 19.0 Å². The fourth-order valence-electron chi connectivity index (χ4n) is 3.74. The zero-order valence-electron chi connectivity index (χ0n) is 18.9. The maximum atomic E-state index is 13.4. The number of aromatic nitrogens is 2. The van der Waals surface area contributed by atoms with Gasteiger partial charge in [0.15, 0.2) is 0 Å². The van der Waals surface area contributed by atoms with Crippen LogP contribution < -0.4 is 16.2 Å². The second-order valence-corrected chi connectivity index (χ2v) is 9.32. The maximum Gasteiger partial charge on any atom is 0.266 e. The van der Waals surface area contributed by atoms with Gasteiger partial charge in [-0.05, 0) is 55.7 Å². The van der Waals surface area contributed by atoms with Crippen LogP contribution >= 0.6 is 22.9 Å². The van der Waals surface area contributed by atoms with E-state index in [9.17, 15) is 14.4 Å². The monoisotopic (exact) mass is 494 g/mol. The number of hydrogen-bond donors (Lipinski definition) is 2. The number of nitrogens with one attached hydrogen (secondary N) is 2. The second-order valence-electron chi connectivity index (χ2n) is 7.89. The number of anilines is 2. The summed E-state index contributed by atoms with van der Waals surface area (Å²) in [6.45, 7) is 5.41. The molecule has 2 aromatic heterocycles. The molecule has 2 amide bonds. The van der Waals surface area contributed by atoms with Crippen molar-refractivity contribution in [3.63, 3.8) is 0 Å². The highest BCUT2D eigenvalue weighted by Crippen LogP contribution is 2.28. The van der Waals surface area contributed by atoms with E-state index < -0.39 is 6.04 Å². The predicted octanol–water partition coefficient (Wildman–Crippen LogP) is 5.57. The van der Waals surface area contributed by atoms with Gasteiger partial charge in [0.2, 0.25) is 5.91 Å². The van der Waals surface area contributed by atoms with Crippen molar-refractivity contribution in [2.24, 2.45) is 0 Å². The lowest BCUT2D eigenvalue weighted by molar-refractivity contribution is -0.119. The van der Waals surface area contributed by atoms with Crippen LogP contribution in [0.2, 0.25) is 5.02 Å². The molecule has 4 rings (SSSR count). The molecule has 2 N–H and O–H groups in total. The number of hydrogen-bond acceptors (Lipinski definition) is 5. The van der Waals surface area contributed by atoms with E-state index in [1.54, 1.807) is 31.2 Å². The molecule has 1 unspecified atom stereocenters. The SMILES string of the molecule is CCC(C(=O)Nc1cc(Cl)ccc1C)n1cnc2sc(C(=O)Nc3ccccc3)c(C)c2c1=O. The van der Waals surface area contributed by atoms with Crippen molar-refractivity contribution in [1.82, 2.24) is 9.55 Å². The van der Waals surface area contributed by atoms with Gasteiger partial charge in [-0.1, -0.05) is 42.8 Å². The van der Waals surface area contributed by atoms with Crippen LogP contribution in [0.3, 0.4) is 0 Å². The van der Waals surface area contributed by atoms with Crippen LogP contribution in [-0.4, -0.2) is 21.4 Å². The van der Waals surface area contributed by atoms with Gasteiger partial charge in [-0.2, -0.15) is 0 Å². The molecule has 0 aliphatic heterocycles. The van der Waals surface area contributed by atoms with Crippen LogP contribution in [0.5, 0.6) is 0 Å². The Labute approximate surface area is 205 Å². The lowest BCUT2D eigenvalue weighted by atomic mass is 10.1. The molecule has 0 aliphatic rings. The average Bonchev–Trinajstić information content (AvgIpc) is 3.16. The van der Waals surface area contributed by atoms with Gasteiger partial charge in [0, 0.05) is 16.4 Å². The van der Waals surface area contributed by atoms with Crippen molar-refractivity contribution in [3.05, 3.63) is 86.2 Å². The van der Waals surface area contributed by atoms with Crippen molar-refractivity contribution in [1.29, 1.82) is 0 Å². The highest BCUT2D eigenvalue weighted by Gasteiger charge is 2.25. The number of amides is 2. The normalized spacial score (nSPS) is 11.9. The Morgan fingerprint density at radius 2 is 1.85 bits per heavy atom. The van der Waals surface area contributed by atoms with Crippen molar-refractivity contribution >= 4 is 56.3 Å². The maximum absolute atomic E-state index is 13.4. The molecule has 0 radical (unpaired) electrons. The van der Waals surface area contributed by atoms with E-state index in [0.717, 1.165) is 16.9 Å². The van der Waals surface area contributed by atoms with E-state index in [1.807, 2.05) is 38.1 Å². The number of carbonyl (C=O) groups excluding carboxylic acids is 2. The molecule has 0 saturated heterocycles. The van der Waals surface area contributed by atoms with Gasteiger partial charge < -0.3 is 10.6 Å². The number of benzene rings is 2. The molecule has 0 saturated carbocycles. The number of halogens is 1. The third-order valence-corrected chi connectivity index (χ3v) is 7.03. The summed E-state index contributed by atoms with van der Waals surface area (Å²) in [4.78, 5) is 44.6. The van der Waals surface area contributed by atoms with E-state index in [1.165, 1.54) is 10.9 Å². The summed E-state index contributed by atoms with van der Waals surface area (Å²) in [7, 11) is 0. The van der Waals surface area contributed by atoms with Crippen LogP contribution in [0.4, 0.5) is 11.4 Å². The predicted molar refractivity (Wildman–Crippen MR) is 137 cm³/mol. The highest BCUT2D eigenvalue weighted by molar-refractivity contribution is 7.20. The Hall–Kier alpha value is -3.49. The van der Waals surface area contributed by atoms with Gasteiger partial charge in [0.05, 0.1) is 16.6 Å². The zero-order chi connectivity index (χ0) is 24.4. The van der Waals surface area contributed by atoms with Crippen LogP contribution in [-0.2, 0) is 4.79 Å². The van der Waals surface area contributed by atoms with Crippen LogP contribution in [0.25, 0.3) is 10.2 Å². The minimum absolute atomic E-state index is 0.307. The number of aryl methyl sites for hydroxylation is 2. The molecule has 0 spiro atoms. The van der Waals surface area contributed by atoms with Gasteiger partial charge in [-0.25, -0.2) is 4.98 Å². The average molecular weight is 495 g/mol. The fourth-order valence-corrected chi connectivity index (χ4v) is 4.95. The second kappa shape index (κ2) is 9.79. The summed E-state index contributed by atoms with van der Waals surface area (Å²) < 4.78 is 1.33. The third kappa shape index (κ3) is 4.60. The molecule has 0 bridgehead atoms. The Kier molecular flexibility index (Phi) is 6.81. The van der Waals surface area contributed by atoms with Crippen LogP contribution in [0.15, 0.2) is 59.7 Å². The van der Waals surface area contributed by atoms with E-state index in [2.05, 4.69) is 15.6 Å². The van der Waals surface area contributed by atoms with Crippen molar-refractivity contribution in [2.75, 3.05) is 10.6 Å². The molecule has 7 nitrogen and oxygen atoms in total. The quantitative estimate of drug-likeness (QED) is 0.366. The number of fused-ring (bicyclic) bond motifs is 1. The molecule has 1 atom stereocenters. The van der Waals surface area contributed by atoms with Crippen LogP contribution in [0.1, 0.15) is 40.2 Å². The van der Waals surface area contributed by atoms with Gasteiger partial charge in [0.25, 0.3) is 11.5 Å². The number of nitrogens with zero attached hydrogens (tertiary/aromatic N) is 2. The largest absolute Gasteiger partial charge is 0.324 e. The molecule has 0 aliphatic carbocycles. The first-order valence-electron chi connectivity index (χ1n) is 10.7. The minimum Gasteiger partial charge on any atom is -0.324 e. The summed E-state index contributed by atoms with van der Waals surface area (Å²) in [6, 6.07) is 13.6. The highest BCUT2D eigenvalue weighted by atomic mass is 35.5. The zero-order valence-corrected chi connectivity index (χ0v) is 20.5. The first-order chi connectivity index (χ1) is 16.3. The molecule has 9 heteroatoms. The Bertz CT molecular complexity index is 1450. The van der Waals surface area contributed by atoms with E-state index in [-0.39, 0.29) is 17.4 Å². The molecular formula is C25H23ClN4O3S. The lowest BCUT2D eigenvalue weighted by Gasteiger charge is -2.18. The minimum atomic E-state index is -0.774. The number of thiophene rings is 1. The molecule has 174 valence electrons. The van der Waals surface area contributed by atoms with E-state index >= 15 is 0 Å². The molecule has 4 aromatic rings. The van der Waals surface area contributed by atoms with Gasteiger partial charge in [-0.15, -0.1) is 11.3 Å². The Morgan fingerprint density at radius 1 is 1.12 bits per heavy atom. The van der Waals surface area contributed by atoms with Crippen molar-refractivity contribution in [2.45, 2.75) is 33.2 Å². The molecule has 2 heterocycles. The molecular weight excluding hydrogens is 472 g/mol. The summed E-state index contributed by atoms with van der Waals surface area (Å²) in [5, 5.41) is 6.56. The van der Waals surface area contributed by atoms with Gasteiger partial charge in [0.1, 0.15) is 10.9 Å². The standard InChI is InChI=1S/C25H23ClN4O3S/c1-4-19(22(31)29-18-12-16(26)11-10-14(18)2)30-13-27-24-20(25(30)33)15(3)21(34-24)23(32)28-17-8-6-5-7-9-17/h5-13,19H,4H2,1-3H3,(H,28,32)(H,29,31). The molecule has 34 heavy (non-hydrogen) atoms. The number of carbonyl (C=O) groups is 2. The molecule has 2 aromatic carbocycles. The summed E-state index contributed by atoms with van der Waals surface area (Å²) in [5.74, 6) is -0.648. The number of para-hydroxylation sites is 1. The van der Waals surface area contributed by atoms with E-state index in [0.29, 0.717) is 43.5 Å².